The summed E-state index contributed by atoms with van der Waals surface area (Å²) in [5, 5.41) is 13.1. The van der Waals surface area contributed by atoms with Crippen molar-refractivity contribution in [2.75, 3.05) is 7.11 Å². The summed E-state index contributed by atoms with van der Waals surface area (Å²) >= 11 is 0. The third kappa shape index (κ3) is 2.49. The van der Waals surface area contributed by atoms with Gasteiger partial charge < -0.3 is 9.94 Å². The highest BCUT2D eigenvalue weighted by Gasteiger charge is 2.03. The zero-order valence-corrected chi connectivity index (χ0v) is 8.69. The molecule has 3 nitrogen and oxygen atoms in total. The van der Waals surface area contributed by atoms with Crippen LogP contribution in [0.4, 0.5) is 0 Å². The Morgan fingerprint density at radius 1 is 1.43 bits per heavy atom. The number of phenolic OH excluding ortho intramolecular Hbond substituents is 1. The predicted octanol–water partition coefficient (Wildman–Crippen LogP) is 2.50. The molecule has 0 bridgehead atoms. The molecule has 1 N–H and O–H groups in total. The number of nitrogens with zero attached hydrogens (tertiary/aromatic N) is 1. The Morgan fingerprint density at radius 2 is 2.14 bits per heavy atom. The van der Waals surface area contributed by atoms with Crippen LogP contribution in [0.25, 0.3) is 0 Å². The first-order valence-electron chi connectivity index (χ1n) is 4.54. The van der Waals surface area contributed by atoms with Crippen molar-refractivity contribution in [2.24, 2.45) is 5.16 Å². The van der Waals surface area contributed by atoms with Gasteiger partial charge in [-0.2, -0.15) is 0 Å². The van der Waals surface area contributed by atoms with E-state index in [2.05, 4.69) is 23.8 Å². The van der Waals surface area contributed by atoms with E-state index in [1.54, 1.807) is 6.07 Å². The minimum absolute atomic E-state index is 0.218. The summed E-state index contributed by atoms with van der Waals surface area (Å²) in [4.78, 5) is 4.56. The van der Waals surface area contributed by atoms with Crippen LogP contribution in [0.5, 0.6) is 5.75 Å². The lowest BCUT2D eigenvalue weighted by Crippen LogP contribution is -1.90. The summed E-state index contributed by atoms with van der Waals surface area (Å²) in [5.74, 6) is 0.653. The second-order valence-corrected chi connectivity index (χ2v) is 3.39. The molecule has 0 aliphatic rings. The molecule has 0 unspecified atom stereocenters. The van der Waals surface area contributed by atoms with E-state index in [0.29, 0.717) is 11.5 Å². The Kier molecular flexibility index (Phi) is 3.51. The van der Waals surface area contributed by atoms with Gasteiger partial charge in [-0.1, -0.05) is 25.1 Å². The number of oxime groups is 1. The van der Waals surface area contributed by atoms with Crippen molar-refractivity contribution in [3.8, 4) is 5.75 Å². The van der Waals surface area contributed by atoms with Crippen LogP contribution in [-0.2, 0) is 4.84 Å². The van der Waals surface area contributed by atoms with E-state index in [1.807, 2.05) is 12.1 Å². The summed E-state index contributed by atoms with van der Waals surface area (Å²) in [6.07, 6.45) is 1.50. The fourth-order valence-electron chi connectivity index (χ4n) is 1.15. The fraction of sp³-hybridized carbons (Fsp3) is 0.364. The van der Waals surface area contributed by atoms with E-state index in [9.17, 15) is 5.11 Å². The molecule has 14 heavy (non-hydrogen) atoms. The average molecular weight is 193 g/mol. The summed E-state index contributed by atoms with van der Waals surface area (Å²) in [6, 6.07) is 5.49. The smallest absolute Gasteiger partial charge is 0.124 e. The highest BCUT2D eigenvalue weighted by Crippen LogP contribution is 2.21. The predicted molar refractivity (Wildman–Crippen MR) is 56.8 cm³/mol. The molecular formula is C11H15NO2. The molecule has 0 aliphatic heterocycles. The average Bonchev–Trinajstić information content (AvgIpc) is 2.16. The Labute approximate surface area is 84.0 Å². The van der Waals surface area contributed by atoms with Crippen LogP contribution in [0, 0.1) is 0 Å². The quantitative estimate of drug-likeness (QED) is 0.592. The van der Waals surface area contributed by atoms with E-state index in [1.165, 1.54) is 18.9 Å². The van der Waals surface area contributed by atoms with Crippen LogP contribution in [0.3, 0.4) is 0 Å². The molecule has 0 aromatic heterocycles. The second-order valence-electron chi connectivity index (χ2n) is 3.39. The fourth-order valence-corrected chi connectivity index (χ4v) is 1.15. The number of aromatic hydroxyl groups is 1. The maximum absolute atomic E-state index is 9.50. The molecule has 0 amide bonds. The highest BCUT2D eigenvalue weighted by molar-refractivity contribution is 5.83. The van der Waals surface area contributed by atoms with Gasteiger partial charge in [-0.3, -0.25) is 0 Å². The van der Waals surface area contributed by atoms with Gasteiger partial charge in [0.15, 0.2) is 0 Å². The van der Waals surface area contributed by atoms with Crippen LogP contribution in [0.15, 0.2) is 23.4 Å². The summed E-state index contributed by atoms with van der Waals surface area (Å²) < 4.78 is 0. The van der Waals surface area contributed by atoms with Crippen molar-refractivity contribution in [1.29, 1.82) is 0 Å². The summed E-state index contributed by atoms with van der Waals surface area (Å²) in [5.41, 5.74) is 1.85. The molecule has 76 valence electrons. The van der Waals surface area contributed by atoms with E-state index < -0.39 is 0 Å². The van der Waals surface area contributed by atoms with E-state index >= 15 is 0 Å². The minimum Gasteiger partial charge on any atom is -0.507 e. The molecule has 1 aromatic carbocycles. The van der Waals surface area contributed by atoms with Crippen molar-refractivity contribution >= 4 is 6.21 Å². The van der Waals surface area contributed by atoms with Gasteiger partial charge in [0.2, 0.25) is 0 Å². The van der Waals surface area contributed by atoms with Gasteiger partial charge >= 0.3 is 0 Å². The van der Waals surface area contributed by atoms with Crippen LogP contribution in [-0.4, -0.2) is 18.4 Å². The van der Waals surface area contributed by atoms with Crippen molar-refractivity contribution < 1.29 is 9.94 Å². The normalized spacial score (nSPS) is 11.1. The molecule has 0 fully saturated rings. The molecule has 0 radical (unpaired) electrons. The zero-order chi connectivity index (χ0) is 10.6. The molecule has 1 aromatic rings. The molecule has 0 saturated heterocycles. The lowest BCUT2D eigenvalue weighted by Gasteiger charge is -2.06. The van der Waals surface area contributed by atoms with Crippen molar-refractivity contribution in [1.82, 2.24) is 0 Å². The van der Waals surface area contributed by atoms with Gasteiger partial charge in [-0.05, 0) is 23.6 Å². The highest BCUT2D eigenvalue weighted by atomic mass is 16.6. The number of hydrogen-bond donors (Lipinski definition) is 1. The number of benzene rings is 1. The van der Waals surface area contributed by atoms with Crippen molar-refractivity contribution in [3.63, 3.8) is 0 Å². The van der Waals surface area contributed by atoms with Gasteiger partial charge in [0.1, 0.15) is 12.9 Å². The largest absolute Gasteiger partial charge is 0.507 e. The summed E-state index contributed by atoms with van der Waals surface area (Å²) in [7, 11) is 1.47. The van der Waals surface area contributed by atoms with Gasteiger partial charge in [0, 0.05) is 5.56 Å². The van der Waals surface area contributed by atoms with Crippen LogP contribution in [0.1, 0.15) is 30.9 Å². The molecule has 0 heterocycles. The van der Waals surface area contributed by atoms with Crippen molar-refractivity contribution in [2.45, 2.75) is 19.8 Å². The summed E-state index contributed by atoms with van der Waals surface area (Å²) in [6.45, 7) is 4.20. The molecule has 1 rings (SSSR count). The third-order valence-electron chi connectivity index (χ3n) is 2.02. The monoisotopic (exact) mass is 193 g/mol. The van der Waals surface area contributed by atoms with E-state index in [-0.39, 0.29) is 5.75 Å². The van der Waals surface area contributed by atoms with E-state index in [4.69, 9.17) is 0 Å². The van der Waals surface area contributed by atoms with Gasteiger partial charge in [-0.15, -0.1) is 0 Å². The lowest BCUT2D eigenvalue weighted by molar-refractivity contribution is 0.215. The SMILES string of the molecule is CO/N=C/c1cc(C(C)C)ccc1O. The number of phenols is 1. The maximum atomic E-state index is 9.50. The van der Waals surface area contributed by atoms with Gasteiger partial charge in [0.05, 0.1) is 6.21 Å². The lowest BCUT2D eigenvalue weighted by atomic mass is 10.0. The Balaban J connectivity index is 3.02. The van der Waals surface area contributed by atoms with E-state index in [0.717, 1.165) is 0 Å². The number of rotatable bonds is 3. The number of hydrogen-bond acceptors (Lipinski definition) is 3. The standard InChI is InChI=1S/C11H15NO2/c1-8(2)9-4-5-11(13)10(6-9)7-12-14-3/h4-8,13H,1-3H3/b12-7+. The van der Waals surface area contributed by atoms with Crippen LogP contribution in [0.2, 0.25) is 0 Å². The molecule has 0 atom stereocenters. The van der Waals surface area contributed by atoms with Gasteiger partial charge in [-0.25, -0.2) is 0 Å². The Bertz CT molecular complexity index is 332. The van der Waals surface area contributed by atoms with Crippen LogP contribution < -0.4 is 0 Å². The Morgan fingerprint density at radius 3 is 2.71 bits per heavy atom. The molecule has 0 aliphatic carbocycles. The first kappa shape index (κ1) is 10.6. The Hall–Kier alpha value is -1.51. The topological polar surface area (TPSA) is 41.8 Å². The minimum atomic E-state index is 0.218. The van der Waals surface area contributed by atoms with Gasteiger partial charge in [0.25, 0.3) is 0 Å². The zero-order valence-electron chi connectivity index (χ0n) is 8.69. The second kappa shape index (κ2) is 4.65. The van der Waals surface area contributed by atoms with Crippen LogP contribution >= 0.6 is 0 Å². The first-order chi connectivity index (χ1) is 6.65. The third-order valence-corrected chi connectivity index (χ3v) is 2.02. The first-order valence-corrected chi connectivity index (χ1v) is 4.54. The molecule has 0 saturated carbocycles. The molecule has 3 heteroatoms. The molecule has 0 spiro atoms. The van der Waals surface area contributed by atoms with Crippen molar-refractivity contribution in [3.05, 3.63) is 29.3 Å². The molecular weight excluding hydrogens is 178 g/mol. The maximum Gasteiger partial charge on any atom is 0.124 e.